The van der Waals surface area contributed by atoms with E-state index < -0.39 is 21.8 Å². The molecule has 1 aliphatic heterocycles. The first-order valence-corrected chi connectivity index (χ1v) is 8.46. The lowest BCUT2D eigenvalue weighted by atomic mass is 10.1. The third-order valence-corrected chi connectivity index (χ3v) is 5.72. The molecule has 0 saturated carbocycles. The first-order valence-electron chi connectivity index (χ1n) is 6.22. The van der Waals surface area contributed by atoms with Crippen molar-refractivity contribution in [3.8, 4) is 0 Å². The Bertz CT molecular complexity index is 640. The van der Waals surface area contributed by atoms with Crippen LogP contribution < -0.4 is 5.73 Å². The van der Waals surface area contributed by atoms with Crippen LogP contribution in [0.25, 0.3) is 0 Å². The lowest BCUT2D eigenvalue weighted by molar-refractivity contribution is -0.137. The quantitative estimate of drug-likeness (QED) is 0.813. The lowest BCUT2D eigenvalue weighted by Gasteiger charge is -2.18. The van der Waals surface area contributed by atoms with Crippen molar-refractivity contribution in [2.45, 2.75) is 17.5 Å². The van der Waals surface area contributed by atoms with Gasteiger partial charge in [-0.25, -0.2) is 8.42 Å². The molecule has 2 rings (SSSR count). The minimum Gasteiger partial charge on any atom is -0.330 e. The van der Waals surface area contributed by atoms with E-state index in [9.17, 15) is 21.6 Å². The fraction of sp³-hybridized carbons (Fsp3) is 0.500. The molecular weight excluding hydrogens is 409 g/mol. The molecule has 22 heavy (non-hydrogen) atoms. The Balaban J connectivity index is 0.00000242. The highest BCUT2D eigenvalue weighted by Gasteiger charge is 2.35. The zero-order valence-electron chi connectivity index (χ0n) is 11.3. The van der Waals surface area contributed by atoms with Crippen LogP contribution in [0, 0.1) is 5.92 Å². The number of benzene rings is 1. The van der Waals surface area contributed by atoms with Gasteiger partial charge >= 0.3 is 6.18 Å². The van der Waals surface area contributed by atoms with E-state index in [0.717, 1.165) is 6.07 Å². The first-order chi connectivity index (χ1) is 9.64. The molecule has 1 atom stereocenters. The predicted molar refractivity (Wildman–Crippen MR) is 82.3 cm³/mol. The van der Waals surface area contributed by atoms with Crippen LogP contribution in [-0.2, 0) is 16.2 Å². The maximum absolute atomic E-state index is 12.8. The number of nitrogens with two attached hydrogens (primary N) is 1. The molecule has 1 unspecified atom stereocenters. The molecule has 2 N–H and O–H groups in total. The molecule has 1 saturated heterocycles. The molecule has 0 aromatic heterocycles. The third kappa shape index (κ3) is 4.14. The summed E-state index contributed by atoms with van der Waals surface area (Å²) in [5.74, 6) is 0.0500. The van der Waals surface area contributed by atoms with Crippen molar-refractivity contribution in [2.75, 3.05) is 19.6 Å². The molecule has 1 aliphatic rings. The normalized spacial score (nSPS) is 20.0. The number of alkyl halides is 3. The average Bonchev–Trinajstić information content (AvgIpc) is 2.86. The molecule has 1 fully saturated rings. The van der Waals surface area contributed by atoms with Crippen molar-refractivity contribution >= 4 is 38.4 Å². The van der Waals surface area contributed by atoms with Gasteiger partial charge in [-0.3, -0.25) is 0 Å². The molecule has 0 spiro atoms. The number of hydrogen-bond acceptors (Lipinski definition) is 3. The monoisotopic (exact) mass is 422 g/mol. The van der Waals surface area contributed by atoms with Crippen LogP contribution in [0.15, 0.2) is 27.6 Å². The standard InChI is InChI=1S/C12H14BrF3N2O2S.ClH/c13-10-3-9(12(14,15)16)4-11(5-10)21(19,20)18-2-1-8(6-17)7-18;/h3-5,8H,1-2,6-7,17H2;1H. The van der Waals surface area contributed by atoms with Crippen LogP contribution in [0.2, 0.25) is 0 Å². The minimum atomic E-state index is -4.60. The Hall–Kier alpha value is -0.350. The molecule has 10 heteroatoms. The molecule has 4 nitrogen and oxygen atoms in total. The van der Waals surface area contributed by atoms with Crippen LogP contribution >= 0.6 is 28.3 Å². The van der Waals surface area contributed by atoms with Crippen molar-refractivity contribution in [2.24, 2.45) is 11.7 Å². The van der Waals surface area contributed by atoms with Crippen molar-refractivity contribution in [1.82, 2.24) is 4.31 Å². The van der Waals surface area contributed by atoms with Crippen molar-refractivity contribution < 1.29 is 21.6 Å². The highest BCUT2D eigenvalue weighted by molar-refractivity contribution is 9.10. The third-order valence-electron chi connectivity index (χ3n) is 3.42. The van der Waals surface area contributed by atoms with Crippen LogP contribution in [0.3, 0.4) is 0 Å². The van der Waals surface area contributed by atoms with Crippen LogP contribution in [0.5, 0.6) is 0 Å². The van der Waals surface area contributed by atoms with E-state index in [1.165, 1.54) is 10.4 Å². The predicted octanol–water partition coefficient (Wildman–Crippen LogP) is 2.86. The second-order valence-corrected chi connectivity index (χ2v) is 7.78. The zero-order chi connectivity index (χ0) is 15.8. The van der Waals surface area contributed by atoms with Gasteiger partial charge in [-0.05, 0) is 37.1 Å². The number of nitrogens with zero attached hydrogens (tertiary/aromatic N) is 1. The first kappa shape index (κ1) is 19.7. The fourth-order valence-corrected chi connectivity index (χ4v) is 4.48. The molecule has 0 bridgehead atoms. The summed E-state index contributed by atoms with van der Waals surface area (Å²) in [6.07, 6.45) is -3.98. The van der Waals surface area contributed by atoms with Gasteiger partial charge in [0.15, 0.2) is 0 Å². The number of rotatable bonds is 3. The van der Waals surface area contributed by atoms with Crippen molar-refractivity contribution in [3.05, 3.63) is 28.2 Å². The Morgan fingerprint density at radius 3 is 2.45 bits per heavy atom. The Morgan fingerprint density at radius 2 is 1.95 bits per heavy atom. The lowest BCUT2D eigenvalue weighted by Crippen LogP contribution is -2.30. The maximum Gasteiger partial charge on any atom is 0.416 e. The molecule has 126 valence electrons. The van der Waals surface area contributed by atoms with Gasteiger partial charge in [-0.15, -0.1) is 12.4 Å². The van der Waals surface area contributed by atoms with Gasteiger partial charge in [0, 0.05) is 17.6 Å². The van der Waals surface area contributed by atoms with Gasteiger partial charge < -0.3 is 5.73 Å². The van der Waals surface area contributed by atoms with E-state index in [-0.39, 0.29) is 40.8 Å². The van der Waals surface area contributed by atoms with Crippen LogP contribution in [0.1, 0.15) is 12.0 Å². The second-order valence-electron chi connectivity index (χ2n) is 4.93. The number of hydrogen-bond donors (Lipinski definition) is 1. The summed E-state index contributed by atoms with van der Waals surface area (Å²) in [6, 6.07) is 2.70. The van der Waals surface area contributed by atoms with E-state index in [1.54, 1.807) is 0 Å². The Labute approximate surface area is 141 Å². The molecule has 0 radical (unpaired) electrons. The van der Waals surface area contributed by atoms with Crippen molar-refractivity contribution in [3.63, 3.8) is 0 Å². The second kappa shape index (κ2) is 7.04. The molecule has 1 aromatic carbocycles. The summed E-state index contributed by atoms with van der Waals surface area (Å²) < 4.78 is 64.5. The number of halogens is 5. The fourth-order valence-electron chi connectivity index (χ4n) is 2.23. The van der Waals surface area contributed by atoms with E-state index in [1.807, 2.05) is 0 Å². The minimum absolute atomic E-state index is 0. The molecule has 0 amide bonds. The van der Waals surface area contributed by atoms with Gasteiger partial charge in [0.2, 0.25) is 10.0 Å². The van der Waals surface area contributed by atoms with E-state index in [4.69, 9.17) is 5.73 Å². The molecular formula is C12H15BrClF3N2O2S. The topological polar surface area (TPSA) is 63.4 Å². The summed E-state index contributed by atoms with van der Waals surface area (Å²) in [5.41, 5.74) is 4.51. The SMILES string of the molecule is Cl.NCC1CCN(S(=O)(=O)c2cc(Br)cc(C(F)(F)F)c2)C1. The molecule has 0 aliphatic carbocycles. The summed E-state index contributed by atoms with van der Waals surface area (Å²) >= 11 is 2.93. The summed E-state index contributed by atoms with van der Waals surface area (Å²) in [5, 5.41) is 0. The Morgan fingerprint density at radius 1 is 1.32 bits per heavy atom. The zero-order valence-corrected chi connectivity index (χ0v) is 14.5. The van der Waals surface area contributed by atoms with Crippen LogP contribution in [0.4, 0.5) is 13.2 Å². The van der Waals surface area contributed by atoms with Crippen LogP contribution in [-0.4, -0.2) is 32.4 Å². The Kier molecular flexibility index (Phi) is 6.30. The maximum atomic E-state index is 12.8. The largest absolute Gasteiger partial charge is 0.416 e. The summed E-state index contributed by atoms with van der Waals surface area (Å²) in [7, 11) is -3.94. The van der Waals surface area contributed by atoms with E-state index in [0.29, 0.717) is 19.0 Å². The summed E-state index contributed by atoms with van der Waals surface area (Å²) in [4.78, 5) is -0.359. The van der Waals surface area contributed by atoms with E-state index in [2.05, 4.69) is 15.9 Å². The van der Waals surface area contributed by atoms with Gasteiger partial charge in [0.1, 0.15) is 0 Å². The van der Waals surface area contributed by atoms with Gasteiger partial charge in [-0.2, -0.15) is 17.5 Å². The number of sulfonamides is 1. The smallest absolute Gasteiger partial charge is 0.330 e. The summed E-state index contributed by atoms with van der Waals surface area (Å²) in [6.45, 7) is 0.878. The van der Waals surface area contributed by atoms with Gasteiger partial charge in [-0.1, -0.05) is 15.9 Å². The van der Waals surface area contributed by atoms with Crippen molar-refractivity contribution in [1.29, 1.82) is 0 Å². The van der Waals surface area contributed by atoms with Gasteiger partial charge in [0.05, 0.1) is 10.5 Å². The molecule has 1 aromatic rings. The average molecular weight is 424 g/mol. The van der Waals surface area contributed by atoms with Gasteiger partial charge in [0.25, 0.3) is 0 Å². The highest BCUT2D eigenvalue weighted by atomic mass is 79.9. The van der Waals surface area contributed by atoms with E-state index >= 15 is 0 Å². The highest BCUT2D eigenvalue weighted by Crippen LogP contribution is 2.34. The molecule has 1 heterocycles.